The molecule has 0 atom stereocenters. The molecule has 3 aromatic rings. The van der Waals surface area contributed by atoms with Crippen LogP contribution in [0.25, 0.3) is 10.4 Å². The van der Waals surface area contributed by atoms with Crippen molar-refractivity contribution in [2.45, 2.75) is 13.3 Å². The zero-order valence-corrected chi connectivity index (χ0v) is 19.3. The van der Waals surface area contributed by atoms with E-state index in [0.29, 0.717) is 16.0 Å². The highest BCUT2D eigenvalue weighted by atomic mass is 32.1. The minimum Gasteiger partial charge on any atom is -0.506 e. The minimum absolute atomic E-state index is 0.142. The van der Waals surface area contributed by atoms with Gasteiger partial charge in [-0.3, -0.25) is 14.4 Å². The maximum absolute atomic E-state index is 12.3. The fraction of sp³-hybridized carbons (Fsp3) is 0.143. The number of rotatable bonds is 8. The Morgan fingerprint density at radius 1 is 1.06 bits per heavy atom. The van der Waals surface area contributed by atoms with Gasteiger partial charge in [-0.2, -0.15) is 5.10 Å². The van der Waals surface area contributed by atoms with Gasteiger partial charge in [0.15, 0.2) is 0 Å². The number of ether oxygens (including phenoxy) is 1. The number of hydrogen-bond acceptors (Lipinski definition) is 8. The van der Waals surface area contributed by atoms with Crippen molar-refractivity contribution in [2.75, 3.05) is 6.54 Å². The number of nitrogens with one attached hydrogen (secondary N) is 2. The number of carboxylic acid groups (broad SMARTS) is 1. The molecule has 14 heteroatoms. The van der Waals surface area contributed by atoms with Gasteiger partial charge in [-0.05, 0) is 48.9 Å². The van der Waals surface area contributed by atoms with Crippen LogP contribution in [0.3, 0.4) is 0 Å². The first-order chi connectivity index (χ1) is 16.4. The first-order valence-electron chi connectivity index (χ1n) is 9.56. The molecule has 0 aliphatic rings. The summed E-state index contributed by atoms with van der Waals surface area (Å²) in [5.74, 6) is -3.02. The van der Waals surface area contributed by atoms with E-state index in [4.69, 9.17) is 5.11 Å². The first-order valence-corrected chi connectivity index (χ1v) is 11.3. The lowest BCUT2D eigenvalue weighted by Crippen LogP contribution is -2.28. The topological polar surface area (TPSA) is 137 Å². The Morgan fingerprint density at radius 3 is 2.29 bits per heavy atom. The van der Waals surface area contributed by atoms with Crippen LogP contribution < -0.4 is 15.5 Å². The van der Waals surface area contributed by atoms with E-state index < -0.39 is 36.4 Å². The van der Waals surface area contributed by atoms with Crippen molar-refractivity contribution in [3.8, 4) is 21.9 Å². The molecule has 4 N–H and O–H groups in total. The maximum atomic E-state index is 12.3. The molecule has 0 unspecified atom stereocenters. The van der Waals surface area contributed by atoms with Gasteiger partial charge in [-0.25, -0.2) is 5.43 Å². The summed E-state index contributed by atoms with van der Waals surface area (Å²) in [6.07, 6.45) is -4.81. The fourth-order valence-electron chi connectivity index (χ4n) is 2.70. The SMILES string of the molecule is C/C(=N\NC(=O)c1ccc(C(=O)NCC(=O)O)s1)c1csc(-c2ccc(OC(F)(F)F)cc2)c1O. The summed E-state index contributed by atoms with van der Waals surface area (Å²) in [5.41, 5.74) is 3.33. The van der Waals surface area contributed by atoms with Crippen molar-refractivity contribution >= 4 is 46.2 Å². The van der Waals surface area contributed by atoms with Crippen LogP contribution in [0.4, 0.5) is 13.2 Å². The second-order valence-electron chi connectivity index (χ2n) is 6.78. The quantitative estimate of drug-likeness (QED) is 0.258. The van der Waals surface area contributed by atoms with E-state index >= 15 is 0 Å². The summed E-state index contributed by atoms with van der Waals surface area (Å²) in [6, 6.07) is 7.74. The van der Waals surface area contributed by atoms with Gasteiger partial charge in [0.25, 0.3) is 11.8 Å². The lowest BCUT2D eigenvalue weighted by molar-refractivity contribution is -0.274. The number of thiophene rings is 2. The molecule has 35 heavy (non-hydrogen) atoms. The van der Waals surface area contributed by atoms with E-state index in [-0.39, 0.29) is 21.2 Å². The highest BCUT2D eigenvalue weighted by Crippen LogP contribution is 2.39. The summed E-state index contributed by atoms with van der Waals surface area (Å²) in [4.78, 5) is 35.4. The number of amides is 2. The van der Waals surface area contributed by atoms with Crippen LogP contribution in [0.15, 0.2) is 46.9 Å². The van der Waals surface area contributed by atoms with Gasteiger partial charge in [0.2, 0.25) is 0 Å². The van der Waals surface area contributed by atoms with E-state index in [1.807, 2.05) is 0 Å². The van der Waals surface area contributed by atoms with E-state index in [9.17, 15) is 32.7 Å². The molecule has 0 aliphatic heterocycles. The molecule has 2 aromatic heterocycles. The molecule has 1 aromatic carbocycles. The number of hydrogen-bond donors (Lipinski definition) is 4. The molecule has 184 valence electrons. The van der Waals surface area contributed by atoms with Gasteiger partial charge in [-0.15, -0.1) is 35.8 Å². The second kappa shape index (κ2) is 10.6. The van der Waals surface area contributed by atoms with Crippen LogP contribution >= 0.6 is 22.7 Å². The molecule has 2 heterocycles. The third kappa shape index (κ3) is 6.80. The standard InChI is InChI=1S/C21H16F3N3O6S2/c1-10(26-27-20(32)15-7-6-14(35-15)19(31)25-8-16(28)29)13-9-34-18(17(13)30)11-2-4-12(5-3-11)33-21(22,23)24/h2-7,9,30H,8H2,1H3,(H,25,31)(H,27,32)(H,28,29)/b26-10+. The van der Waals surface area contributed by atoms with E-state index in [0.717, 1.165) is 34.8 Å². The normalized spacial score (nSPS) is 11.7. The average Bonchev–Trinajstić information content (AvgIpc) is 3.42. The molecule has 0 fully saturated rings. The largest absolute Gasteiger partial charge is 0.573 e. The third-order valence-electron chi connectivity index (χ3n) is 4.28. The number of aliphatic carboxylic acids is 1. The number of alkyl halides is 3. The van der Waals surface area contributed by atoms with Crippen LogP contribution in [0.5, 0.6) is 11.5 Å². The molecule has 0 bridgehead atoms. The van der Waals surface area contributed by atoms with E-state index in [1.165, 1.54) is 31.2 Å². The van der Waals surface area contributed by atoms with Crippen LogP contribution in [-0.2, 0) is 4.79 Å². The van der Waals surface area contributed by atoms with E-state index in [2.05, 4.69) is 20.6 Å². The Morgan fingerprint density at radius 2 is 1.69 bits per heavy atom. The van der Waals surface area contributed by atoms with Crippen LogP contribution in [0.1, 0.15) is 31.8 Å². The second-order valence-corrected chi connectivity index (χ2v) is 8.74. The highest BCUT2D eigenvalue weighted by Gasteiger charge is 2.31. The smallest absolute Gasteiger partial charge is 0.506 e. The number of hydrazone groups is 1. The number of halogens is 3. The fourth-order valence-corrected chi connectivity index (χ4v) is 4.52. The first kappa shape index (κ1) is 25.7. The van der Waals surface area contributed by atoms with Crippen molar-refractivity contribution in [3.05, 3.63) is 57.1 Å². The summed E-state index contributed by atoms with van der Waals surface area (Å²) in [5, 5.41) is 26.9. The van der Waals surface area contributed by atoms with Crippen molar-refractivity contribution in [1.82, 2.24) is 10.7 Å². The van der Waals surface area contributed by atoms with Crippen LogP contribution in [-0.4, -0.2) is 46.6 Å². The van der Waals surface area contributed by atoms with Crippen LogP contribution in [0, 0.1) is 0 Å². The zero-order chi connectivity index (χ0) is 25.8. The number of nitrogens with zero attached hydrogens (tertiary/aromatic N) is 1. The Hall–Kier alpha value is -3.91. The molecule has 9 nitrogen and oxygen atoms in total. The lowest BCUT2D eigenvalue weighted by Gasteiger charge is -2.09. The van der Waals surface area contributed by atoms with Crippen molar-refractivity contribution in [3.63, 3.8) is 0 Å². The number of benzene rings is 1. The average molecular weight is 528 g/mol. The number of carbonyl (C=O) groups excluding carboxylic acids is 2. The number of carboxylic acids is 1. The van der Waals surface area contributed by atoms with Gasteiger partial charge < -0.3 is 20.3 Å². The van der Waals surface area contributed by atoms with Crippen molar-refractivity contribution < 1.29 is 42.5 Å². The van der Waals surface area contributed by atoms with Gasteiger partial charge in [-0.1, -0.05) is 0 Å². The summed E-state index contributed by atoms with van der Waals surface area (Å²) < 4.78 is 40.8. The van der Waals surface area contributed by atoms with Crippen molar-refractivity contribution in [2.24, 2.45) is 5.10 Å². The molecule has 0 spiro atoms. The molecule has 0 saturated carbocycles. The lowest BCUT2D eigenvalue weighted by atomic mass is 10.1. The summed E-state index contributed by atoms with van der Waals surface area (Å²) >= 11 is 1.97. The highest BCUT2D eigenvalue weighted by molar-refractivity contribution is 7.16. The monoisotopic (exact) mass is 527 g/mol. The van der Waals surface area contributed by atoms with Crippen molar-refractivity contribution in [1.29, 1.82) is 0 Å². The molecule has 0 saturated heterocycles. The number of aromatic hydroxyl groups is 1. The van der Waals surface area contributed by atoms with E-state index in [1.54, 1.807) is 5.38 Å². The maximum Gasteiger partial charge on any atom is 0.573 e. The Kier molecular flexibility index (Phi) is 7.76. The number of carbonyl (C=O) groups is 3. The Labute approximate surface area is 203 Å². The molecular weight excluding hydrogens is 511 g/mol. The Bertz CT molecular complexity index is 1280. The van der Waals surface area contributed by atoms with Crippen LogP contribution in [0.2, 0.25) is 0 Å². The predicted molar refractivity (Wildman–Crippen MR) is 122 cm³/mol. The molecule has 0 aliphatic carbocycles. The summed E-state index contributed by atoms with van der Waals surface area (Å²) in [7, 11) is 0. The Balaban J connectivity index is 1.67. The molecule has 2 amide bonds. The van der Waals surface area contributed by atoms with Gasteiger partial charge in [0.05, 0.1) is 25.9 Å². The predicted octanol–water partition coefficient (Wildman–Crippen LogP) is 4.05. The summed E-state index contributed by atoms with van der Waals surface area (Å²) in [6.45, 7) is 0.977. The third-order valence-corrected chi connectivity index (χ3v) is 6.38. The zero-order valence-electron chi connectivity index (χ0n) is 17.7. The molecule has 3 rings (SSSR count). The van der Waals surface area contributed by atoms with Gasteiger partial charge in [0.1, 0.15) is 18.0 Å². The van der Waals surface area contributed by atoms with Gasteiger partial charge >= 0.3 is 12.3 Å². The molecule has 0 radical (unpaired) electrons. The molecular formula is C21H16F3N3O6S2. The van der Waals surface area contributed by atoms with Gasteiger partial charge in [0, 0.05) is 5.38 Å². The minimum atomic E-state index is -4.81.